The van der Waals surface area contributed by atoms with Crippen LogP contribution >= 0.6 is 0 Å². The fourth-order valence-electron chi connectivity index (χ4n) is 3.87. The minimum absolute atomic E-state index is 0.570. The van der Waals surface area contributed by atoms with Crippen molar-refractivity contribution in [1.82, 2.24) is 24.8 Å². The molecule has 5 rings (SSSR count). The molecule has 0 bridgehead atoms. The number of hydrogen-bond acceptors (Lipinski definition) is 9. The second-order valence-electron chi connectivity index (χ2n) is 7.65. The highest BCUT2D eigenvalue weighted by Gasteiger charge is 2.14. The second-order valence-corrected chi connectivity index (χ2v) is 7.65. The Morgan fingerprint density at radius 1 is 0.935 bits per heavy atom. The van der Waals surface area contributed by atoms with Crippen LogP contribution < -0.4 is 15.5 Å². The quantitative estimate of drug-likeness (QED) is 0.523. The van der Waals surface area contributed by atoms with Gasteiger partial charge in [-0.1, -0.05) is 0 Å². The zero-order valence-corrected chi connectivity index (χ0v) is 17.5. The second kappa shape index (κ2) is 9.46. The molecular formula is C21H28N8O2. The molecule has 2 aliphatic heterocycles. The van der Waals surface area contributed by atoms with Crippen molar-refractivity contribution in [2.24, 2.45) is 0 Å². The van der Waals surface area contributed by atoms with Crippen molar-refractivity contribution < 1.29 is 9.47 Å². The molecule has 4 heterocycles. The van der Waals surface area contributed by atoms with Crippen molar-refractivity contribution in [3.05, 3.63) is 30.6 Å². The Morgan fingerprint density at radius 3 is 2.45 bits per heavy atom. The third kappa shape index (κ3) is 4.87. The van der Waals surface area contributed by atoms with Crippen molar-refractivity contribution in [1.29, 1.82) is 0 Å². The number of anilines is 4. The van der Waals surface area contributed by atoms with E-state index in [-0.39, 0.29) is 0 Å². The predicted octanol–water partition coefficient (Wildman–Crippen LogP) is 1.68. The summed E-state index contributed by atoms with van der Waals surface area (Å²) in [6.45, 7) is 8.63. The molecule has 2 fully saturated rings. The minimum atomic E-state index is 0.570. The monoisotopic (exact) mass is 424 g/mol. The van der Waals surface area contributed by atoms with Gasteiger partial charge in [0.25, 0.3) is 0 Å². The Bertz CT molecular complexity index is 981. The molecule has 10 heteroatoms. The van der Waals surface area contributed by atoms with E-state index in [4.69, 9.17) is 9.47 Å². The molecule has 0 saturated carbocycles. The number of aromatic amines is 1. The number of H-pyrrole nitrogens is 1. The van der Waals surface area contributed by atoms with Crippen molar-refractivity contribution in [3.8, 4) is 0 Å². The summed E-state index contributed by atoms with van der Waals surface area (Å²) in [6, 6.07) is 8.39. The lowest BCUT2D eigenvalue weighted by molar-refractivity contribution is 0.0398. The van der Waals surface area contributed by atoms with Crippen LogP contribution in [0.1, 0.15) is 0 Å². The maximum absolute atomic E-state index is 5.44. The largest absolute Gasteiger partial charge is 0.379 e. The molecule has 2 saturated heterocycles. The first-order chi connectivity index (χ1) is 15.3. The number of imidazole rings is 1. The zero-order chi connectivity index (χ0) is 20.9. The first-order valence-corrected chi connectivity index (χ1v) is 10.8. The van der Waals surface area contributed by atoms with E-state index in [0.29, 0.717) is 17.4 Å². The van der Waals surface area contributed by atoms with Crippen molar-refractivity contribution in [3.63, 3.8) is 0 Å². The summed E-state index contributed by atoms with van der Waals surface area (Å²) >= 11 is 0. The fourth-order valence-corrected chi connectivity index (χ4v) is 3.87. The Hall–Kier alpha value is -2.95. The first kappa shape index (κ1) is 20.0. The van der Waals surface area contributed by atoms with E-state index in [1.165, 1.54) is 5.69 Å². The normalized spacial score (nSPS) is 17.7. The van der Waals surface area contributed by atoms with Gasteiger partial charge in [0.2, 0.25) is 5.95 Å². The van der Waals surface area contributed by atoms with Crippen LogP contribution in [0.5, 0.6) is 0 Å². The van der Waals surface area contributed by atoms with Gasteiger partial charge >= 0.3 is 0 Å². The van der Waals surface area contributed by atoms with Gasteiger partial charge in [-0.05, 0) is 24.3 Å². The average molecular weight is 425 g/mol. The summed E-state index contributed by atoms with van der Waals surface area (Å²) in [4.78, 5) is 21.4. The lowest BCUT2D eigenvalue weighted by atomic mass is 10.2. The van der Waals surface area contributed by atoms with Crippen LogP contribution in [0, 0.1) is 0 Å². The molecule has 2 aliphatic rings. The van der Waals surface area contributed by atoms with Gasteiger partial charge in [0, 0.05) is 50.6 Å². The van der Waals surface area contributed by atoms with Crippen LogP contribution in [0.3, 0.4) is 0 Å². The topological polar surface area (TPSA) is 103 Å². The third-order valence-corrected chi connectivity index (χ3v) is 5.61. The molecule has 0 atom stereocenters. The van der Waals surface area contributed by atoms with E-state index in [0.717, 1.165) is 76.9 Å². The summed E-state index contributed by atoms with van der Waals surface area (Å²) in [7, 11) is 0. The molecule has 0 amide bonds. The molecule has 3 aromatic rings. The number of aromatic nitrogens is 4. The molecule has 3 N–H and O–H groups in total. The van der Waals surface area contributed by atoms with Crippen LogP contribution in [-0.2, 0) is 9.47 Å². The molecule has 0 spiro atoms. The molecular weight excluding hydrogens is 396 g/mol. The molecule has 164 valence electrons. The van der Waals surface area contributed by atoms with Crippen molar-refractivity contribution in [2.45, 2.75) is 0 Å². The summed E-state index contributed by atoms with van der Waals surface area (Å²) in [5, 5.41) is 6.75. The minimum Gasteiger partial charge on any atom is -0.379 e. The summed E-state index contributed by atoms with van der Waals surface area (Å²) in [5.74, 6) is 1.27. The van der Waals surface area contributed by atoms with Crippen molar-refractivity contribution in [2.75, 3.05) is 81.2 Å². The van der Waals surface area contributed by atoms with Crippen molar-refractivity contribution >= 4 is 34.3 Å². The van der Waals surface area contributed by atoms with E-state index in [1.807, 2.05) is 0 Å². The maximum Gasteiger partial charge on any atom is 0.226 e. The number of ether oxygens (including phenoxy) is 2. The maximum atomic E-state index is 5.44. The van der Waals surface area contributed by atoms with Gasteiger partial charge < -0.3 is 30.0 Å². The van der Waals surface area contributed by atoms with Gasteiger partial charge in [0.1, 0.15) is 5.52 Å². The highest BCUT2D eigenvalue weighted by atomic mass is 16.5. The number of nitrogens with one attached hydrogen (secondary N) is 3. The Balaban J connectivity index is 1.26. The third-order valence-electron chi connectivity index (χ3n) is 5.61. The first-order valence-electron chi connectivity index (χ1n) is 10.8. The highest BCUT2D eigenvalue weighted by molar-refractivity contribution is 5.86. The van der Waals surface area contributed by atoms with E-state index in [9.17, 15) is 0 Å². The Labute approximate surface area is 181 Å². The van der Waals surface area contributed by atoms with E-state index < -0.39 is 0 Å². The van der Waals surface area contributed by atoms with Gasteiger partial charge in [-0.2, -0.15) is 9.97 Å². The standard InChI is InChI=1S/C21H28N8O2/c1-3-17(29-9-13-31-14-10-29)4-2-16(1)25-20-18-19(24-15-23-18)26-21(27-20)22-5-6-28-7-11-30-12-8-28/h1-4,15H,5-14H2,(H3,22,23,24,25,26,27). The Kier molecular flexibility index (Phi) is 6.10. The fraction of sp³-hybridized carbons (Fsp3) is 0.476. The van der Waals surface area contributed by atoms with E-state index >= 15 is 0 Å². The number of hydrogen-bond donors (Lipinski definition) is 3. The van der Waals surface area contributed by atoms with Gasteiger partial charge in [-0.25, -0.2) is 4.98 Å². The predicted molar refractivity (Wildman–Crippen MR) is 120 cm³/mol. The Morgan fingerprint density at radius 2 is 1.68 bits per heavy atom. The summed E-state index contributed by atoms with van der Waals surface area (Å²) in [6.07, 6.45) is 1.64. The van der Waals surface area contributed by atoms with E-state index in [1.54, 1.807) is 6.33 Å². The van der Waals surface area contributed by atoms with Crippen LogP contribution in [0.4, 0.5) is 23.1 Å². The van der Waals surface area contributed by atoms with Crippen LogP contribution in [0.25, 0.3) is 11.2 Å². The SMILES string of the molecule is c1nc2nc(NCCN3CCOCC3)nc(Nc3ccc(N4CCOCC4)cc3)c2[nH]1. The summed E-state index contributed by atoms with van der Waals surface area (Å²) in [5.41, 5.74) is 3.59. The molecule has 1 aromatic carbocycles. The van der Waals surface area contributed by atoms with Crippen LogP contribution in [-0.4, -0.2) is 90.5 Å². The lowest BCUT2D eigenvalue weighted by Gasteiger charge is -2.28. The molecule has 0 unspecified atom stereocenters. The van der Waals surface area contributed by atoms with E-state index in [2.05, 4.69) is 64.6 Å². The average Bonchev–Trinajstić information content (AvgIpc) is 3.30. The van der Waals surface area contributed by atoms with Crippen LogP contribution in [0.15, 0.2) is 30.6 Å². The van der Waals surface area contributed by atoms with Crippen LogP contribution in [0.2, 0.25) is 0 Å². The number of rotatable bonds is 7. The number of fused-ring (bicyclic) bond motifs is 1. The summed E-state index contributed by atoms with van der Waals surface area (Å²) < 4.78 is 10.8. The molecule has 31 heavy (non-hydrogen) atoms. The number of benzene rings is 1. The molecule has 0 radical (unpaired) electrons. The highest BCUT2D eigenvalue weighted by Crippen LogP contribution is 2.25. The number of morpholine rings is 2. The smallest absolute Gasteiger partial charge is 0.226 e. The molecule has 2 aromatic heterocycles. The van der Waals surface area contributed by atoms with Gasteiger partial charge in [0.15, 0.2) is 11.5 Å². The van der Waals surface area contributed by atoms with Gasteiger partial charge in [-0.3, -0.25) is 4.90 Å². The zero-order valence-electron chi connectivity index (χ0n) is 17.5. The molecule has 10 nitrogen and oxygen atoms in total. The number of nitrogens with zero attached hydrogens (tertiary/aromatic N) is 5. The molecule has 0 aliphatic carbocycles. The lowest BCUT2D eigenvalue weighted by Crippen LogP contribution is -2.39. The van der Waals surface area contributed by atoms with Gasteiger partial charge in [-0.15, -0.1) is 0 Å². The van der Waals surface area contributed by atoms with Gasteiger partial charge in [0.05, 0.1) is 32.8 Å².